The molecule has 1 fully saturated rings. The Kier molecular flexibility index (Phi) is 9.49. The van der Waals surface area contributed by atoms with Crippen molar-refractivity contribution in [1.29, 1.82) is 0 Å². The minimum atomic E-state index is -5.04. The number of aromatic nitrogens is 2. The molecule has 0 aliphatic carbocycles. The third-order valence-corrected chi connectivity index (χ3v) is 7.48. The van der Waals surface area contributed by atoms with Crippen LogP contribution >= 0.6 is 0 Å². The number of halogens is 7. The Bertz CT molecular complexity index is 1560. The van der Waals surface area contributed by atoms with Crippen molar-refractivity contribution in [3.05, 3.63) is 88.0 Å². The summed E-state index contributed by atoms with van der Waals surface area (Å²) < 4.78 is 94.3. The summed E-state index contributed by atoms with van der Waals surface area (Å²) in [7, 11) is 1.27. The van der Waals surface area contributed by atoms with Crippen molar-refractivity contribution in [3.8, 4) is 0 Å². The van der Waals surface area contributed by atoms with Crippen molar-refractivity contribution in [1.82, 2.24) is 19.8 Å². The molecule has 2 atom stereocenters. The summed E-state index contributed by atoms with van der Waals surface area (Å²) in [5, 5.41) is 2.39. The van der Waals surface area contributed by atoms with Crippen LogP contribution < -0.4 is 5.32 Å². The van der Waals surface area contributed by atoms with E-state index in [0.29, 0.717) is 23.3 Å². The van der Waals surface area contributed by atoms with Crippen LogP contribution in [0.4, 0.5) is 36.7 Å². The number of alkyl halides is 6. The average Bonchev–Trinajstić information content (AvgIpc) is 2.95. The van der Waals surface area contributed by atoms with Crippen LogP contribution in [0.1, 0.15) is 57.4 Å². The highest BCUT2D eigenvalue weighted by atomic mass is 19.4. The van der Waals surface area contributed by atoms with Crippen LogP contribution in [0.3, 0.4) is 0 Å². The summed E-state index contributed by atoms with van der Waals surface area (Å²) in [5.41, 5.74) is -2.20. The van der Waals surface area contributed by atoms with Gasteiger partial charge in [-0.3, -0.25) is 19.7 Å². The highest BCUT2D eigenvalue weighted by Gasteiger charge is 2.40. The Labute approximate surface area is 253 Å². The topological polar surface area (TPSA) is 95.5 Å². The molecule has 1 aromatic heterocycles. The molecule has 0 unspecified atom stereocenters. The number of piperidine rings is 1. The van der Waals surface area contributed by atoms with Gasteiger partial charge in [0.15, 0.2) is 0 Å². The zero-order valence-corrected chi connectivity index (χ0v) is 24.3. The second-order valence-corrected chi connectivity index (χ2v) is 10.8. The molecule has 3 amide bonds. The maximum Gasteiger partial charge on any atom is 0.416 e. The second-order valence-electron chi connectivity index (χ2n) is 10.8. The Morgan fingerprint density at radius 2 is 1.58 bits per heavy atom. The van der Waals surface area contributed by atoms with Crippen LogP contribution in [0.5, 0.6) is 0 Å². The van der Waals surface area contributed by atoms with Crippen molar-refractivity contribution in [2.24, 2.45) is 5.92 Å². The van der Waals surface area contributed by atoms with E-state index < -0.39 is 65.4 Å². The number of hydrogen-bond acceptors (Lipinski definition) is 5. The summed E-state index contributed by atoms with van der Waals surface area (Å²) in [6, 6.07) is 5.10. The van der Waals surface area contributed by atoms with E-state index in [1.165, 1.54) is 49.5 Å². The summed E-state index contributed by atoms with van der Waals surface area (Å²) in [5.74, 6) is -3.51. The van der Waals surface area contributed by atoms with Crippen LogP contribution in [0, 0.1) is 18.7 Å². The fourth-order valence-electron chi connectivity index (χ4n) is 5.39. The molecule has 2 aromatic carbocycles. The van der Waals surface area contributed by atoms with E-state index in [0.717, 1.165) is 4.90 Å². The zero-order chi connectivity index (χ0) is 33.3. The maximum absolute atomic E-state index is 14.0. The molecule has 2 heterocycles. The monoisotopic (exact) mass is 639 g/mol. The number of carbonyl (C=O) groups is 3. The molecular weight excluding hydrogens is 611 g/mol. The van der Waals surface area contributed by atoms with Crippen LogP contribution in [0.15, 0.2) is 48.8 Å². The Balaban J connectivity index is 1.61. The van der Waals surface area contributed by atoms with E-state index in [2.05, 4.69) is 15.3 Å². The molecule has 0 radical (unpaired) electrons. The normalized spacial score (nSPS) is 17.2. The second kappa shape index (κ2) is 12.8. The van der Waals surface area contributed by atoms with Gasteiger partial charge in [0.25, 0.3) is 5.91 Å². The number of likely N-dealkylation sites (tertiary alicyclic amines) is 1. The summed E-state index contributed by atoms with van der Waals surface area (Å²) in [6.45, 7) is 2.42. The lowest BCUT2D eigenvalue weighted by Gasteiger charge is -2.40. The molecule has 45 heavy (non-hydrogen) atoms. The lowest BCUT2D eigenvalue weighted by Crippen LogP contribution is -2.47. The molecule has 1 N–H and O–H groups in total. The molecule has 1 aliphatic heterocycles. The summed E-state index contributed by atoms with van der Waals surface area (Å²) >= 11 is 0. The van der Waals surface area contributed by atoms with Crippen LogP contribution in [0.2, 0.25) is 0 Å². The fourth-order valence-corrected chi connectivity index (χ4v) is 5.39. The number of amides is 3. The van der Waals surface area contributed by atoms with Gasteiger partial charge in [0.05, 0.1) is 16.7 Å². The first-order valence-corrected chi connectivity index (χ1v) is 13.6. The third-order valence-electron chi connectivity index (χ3n) is 7.48. The van der Waals surface area contributed by atoms with Gasteiger partial charge in [0.2, 0.25) is 17.8 Å². The number of nitrogens with zero attached hydrogens (tertiary/aromatic N) is 4. The fraction of sp³-hybridized carbons (Fsp3) is 0.367. The molecule has 4 rings (SSSR count). The summed E-state index contributed by atoms with van der Waals surface area (Å²) in [4.78, 5) is 48.7. The van der Waals surface area contributed by atoms with Crippen LogP contribution in [0.25, 0.3) is 0 Å². The van der Waals surface area contributed by atoms with E-state index in [4.69, 9.17) is 0 Å². The SMILES string of the molecule is CC(=O)Nc1ncc(C(=O)N2CC[C@@H](C(=O)N(C)Cc3cc(C(F)(F)F)cc(C(F)(F)F)c3)[C@H](c3ccc(F)cc3C)C2)cn1. The maximum atomic E-state index is 14.0. The van der Waals surface area contributed by atoms with Gasteiger partial charge < -0.3 is 9.80 Å². The van der Waals surface area contributed by atoms with Gasteiger partial charge in [0, 0.05) is 57.8 Å². The number of rotatable bonds is 6. The van der Waals surface area contributed by atoms with E-state index >= 15 is 0 Å². The van der Waals surface area contributed by atoms with Crippen molar-refractivity contribution in [2.75, 3.05) is 25.5 Å². The molecule has 0 spiro atoms. The van der Waals surface area contributed by atoms with Crippen molar-refractivity contribution >= 4 is 23.7 Å². The van der Waals surface area contributed by atoms with E-state index in [9.17, 15) is 45.1 Å². The number of aryl methyl sites for hydroxylation is 1. The number of carbonyl (C=O) groups excluding carboxylic acids is 3. The Morgan fingerprint density at radius 1 is 0.978 bits per heavy atom. The minimum Gasteiger partial charge on any atom is -0.341 e. The van der Waals surface area contributed by atoms with Gasteiger partial charge in [-0.1, -0.05) is 6.07 Å². The molecule has 3 aromatic rings. The van der Waals surface area contributed by atoms with Crippen LogP contribution in [-0.2, 0) is 28.5 Å². The quantitative estimate of drug-likeness (QED) is 0.343. The smallest absolute Gasteiger partial charge is 0.341 e. The number of anilines is 1. The lowest BCUT2D eigenvalue weighted by atomic mass is 9.78. The number of nitrogens with one attached hydrogen (secondary N) is 1. The van der Waals surface area contributed by atoms with E-state index in [1.54, 1.807) is 6.92 Å². The van der Waals surface area contributed by atoms with E-state index in [-0.39, 0.29) is 42.7 Å². The van der Waals surface area contributed by atoms with Gasteiger partial charge in [0.1, 0.15) is 5.82 Å². The molecule has 15 heteroatoms. The zero-order valence-electron chi connectivity index (χ0n) is 24.3. The highest BCUT2D eigenvalue weighted by molar-refractivity contribution is 5.94. The van der Waals surface area contributed by atoms with Crippen LogP contribution in [-0.4, -0.2) is 57.6 Å². The first kappa shape index (κ1) is 33.3. The largest absolute Gasteiger partial charge is 0.416 e. The highest BCUT2D eigenvalue weighted by Crippen LogP contribution is 2.38. The van der Waals surface area contributed by atoms with Gasteiger partial charge in [-0.15, -0.1) is 0 Å². The standard InChI is InChI=1S/C30H28F7N5O3/c1-16-8-22(31)4-5-23(16)25-15-42(26(44)19-12-38-28(39-13-19)40-17(2)43)7-6-24(25)27(45)41(3)14-18-9-20(29(32,33)34)11-21(10-18)30(35,36)37/h4-5,8-13,24-25H,6-7,14-15H2,1-3H3,(H,38,39,40,43)/t24-,25+/m1/s1. The Morgan fingerprint density at radius 3 is 2.11 bits per heavy atom. The lowest BCUT2D eigenvalue weighted by molar-refractivity contribution is -0.143. The number of hydrogen-bond donors (Lipinski definition) is 1. The molecule has 0 bridgehead atoms. The Hall–Kier alpha value is -4.56. The predicted molar refractivity (Wildman–Crippen MR) is 147 cm³/mol. The molecule has 0 saturated carbocycles. The predicted octanol–water partition coefficient (Wildman–Crippen LogP) is 5.82. The molecule has 240 valence electrons. The molecular formula is C30H28F7N5O3. The molecule has 1 aliphatic rings. The van der Waals surface area contributed by atoms with Gasteiger partial charge in [-0.25, -0.2) is 14.4 Å². The van der Waals surface area contributed by atoms with Gasteiger partial charge in [-0.2, -0.15) is 26.3 Å². The number of benzene rings is 2. The first-order valence-electron chi connectivity index (χ1n) is 13.6. The third kappa shape index (κ3) is 7.94. The van der Waals surface area contributed by atoms with Gasteiger partial charge in [-0.05, 0) is 60.4 Å². The molecule has 1 saturated heterocycles. The van der Waals surface area contributed by atoms with Gasteiger partial charge >= 0.3 is 12.4 Å². The van der Waals surface area contributed by atoms with Crippen molar-refractivity contribution in [3.63, 3.8) is 0 Å². The minimum absolute atomic E-state index is 0.00525. The van der Waals surface area contributed by atoms with E-state index in [1.807, 2.05) is 0 Å². The average molecular weight is 640 g/mol. The summed E-state index contributed by atoms with van der Waals surface area (Å²) in [6.07, 6.45) is -7.53. The van der Waals surface area contributed by atoms with Crippen molar-refractivity contribution in [2.45, 2.75) is 45.1 Å². The molecule has 8 nitrogen and oxygen atoms in total. The van der Waals surface area contributed by atoms with Crippen molar-refractivity contribution < 1.29 is 45.1 Å². The first-order chi connectivity index (χ1) is 20.9.